The van der Waals surface area contributed by atoms with E-state index in [1.165, 1.54) is 56.7 Å². The van der Waals surface area contributed by atoms with E-state index in [1.54, 1.807) is 0 Å². The Hall–Kier alpha value is -3.74. The van der Waals surface area contributed by atoms with Crippen molar-refractivity contribution in [2.75, 3.05) is 13.1 Å². The standard InChI is InChI=1S/2C19H18BrNO/c2*1-3-18(22)21-11-14-8-6-10-17(20)19(14)16(12-21)15-9-5-4-7-13(15)2/h2*3-10,16H,1,11-12H2,2H3/t2*16-/m10/s1. The maximum Gasteiger partial charge on any atom is 0.246 e. The number of halogens is 2. The van der Waals surface area contributed by atoms with Gasteiger partial charge in [0.15, 0.2) is 0 Å². The summed E-state index contributed by atoms with van der Waals surface area (Å²) >= 11 is 7.39. The highest BCUT2D eigenvalue weighted by atomic mass is 79.9. The van der Waals surface area contributed by atoms with Crippen LogP contribution in [0.4, 0.5) is 0 Å². The van der Waals surface area contributed by atoms with Crippen molar-refractivity contribution in [1.29, 1.82) is 0 Å². The molecule has 0 aliphatic carbocycles. The van der Waals surface area contributed by atoms with Crippen LogP contribution in [-0.4, -0.2) is 34.7 Å². The molecule has 0 saturated heterocycles. The van der Waals surface area contributed by atoms with Gasteiger partial charge in [0, 0.05) is 47.0 Å². The first-order valence-electron chi connectivity index (χ1n) is 14.7. The number of benzene rings is 4. The van der Waals surface area contributed by atoms with E-state index in [4.69, 9.17) is 0 Å². The molecule has 0 spiro atoms. The normalized spacial score (nSPS) is 17.0. The van der Waals surface area contributed by atoms with Crippen LogP contribution < -0.4 is 0 Å². The van der Waals surface area contributed by atoms with Gasteiger partial charge in [0.05, 0.1) is 0 Å². The van der Waals surface area contributed by atoms with Gasteiger partial charge in [-0.2, -0.15) is 0 Å². The zero-order valence-corrected chi connectivity index (χ0v) is 28.3. The first kappa shape index (κ1) is 31.7. The molecule has 2 heterocycles. The van der Waals surface area contributed by atoms with Crippen molar-refractivity contribution in [3.63, 3.8) is 0 Å². The van der Waals surface area contributed by atoms with E-state index in [0.717, 1.165) is 8.95 Å². The van der Waals surface area contributed by atoms with Crippen molar-refractivity contribution in [2.24, 2.45) is 0 Å². The molecule has 6 rings (SSSR count). The minimum absolute atomic E-state index is 0.00999. The topological polar surface area (TPSA) is 40.6 Å². The van der Waals surface area contributed by atoms with Gasteiger partial charge < -0.3 is 9.80 Å². The van der Waals surface area contributed by atoms with Crippen LogP contribution in [0.5, 0.6) is 0 Å². The number of aryl methyl sites for hydroxylation is 2. The van der Waals surface area contributed by atoms with Gasteiger partial charge in [-0.25, -0.2) is 0 Å². The maximum atomic E-state index is 12.1. The highest BCUT2D eigenvalue weighted by molar-refractivity contribution is 9.10. The van der Waals surface area contributed by atoms with Crippen molar-refractivity contribution >= 4 is 43.7 Å². The van der Waals surface area contributed by atoms with Crippen molar-refractivity contribution < 1.29 is 9.59 Å². The molecular formula is C38H36Br2N2O2. The summed E-state index contributed by atoms with van der Waals surface area (Å²) in [4.78, 5) is 28.0. The fraction of sp³-hybridized carbons (Fsp3) is 0.211. The fourth-order valence-corrected chi connectivity index (χ4v) is 7.81. The maximum absolute atomic E-state index is 12.1. The third-order valence-corrected chi connectivity index (χ3v) is 10.00. The smallest absolute Gasteiger partial charge is 0.246 e. The number of rotatable bonds is 4. The molecule has 0 saturated carbocycles. The SMILES string of the molecule is C=CC(=O)N1Cc2cccc(Br)c2[C@@H](c2ccccc2C)C1.C=CC(=O)N1Cc2cccc(Br)c2[C@H](c2ccccc2C)C1. The lowest BCUT2D eigenvalue weighted by atomic mass is 9.83. The van der Waals surface area contributed by atoms with Crippen LogP contribution in [-0.2, 0) is 22.7 Å². The highest BCUT2D eigenvalue weighted by Crippen LogP contribution is 2.40. The molecule has 0 N–H and O–H groups in total. The van der Waals surface area contributed by atoms with Gasteiger partial charge in [-0.1, -0.05) is 118 Å². The van der Waals surface area contributed by atoms with Gasteiger partial charge in [-0.3, -0.25) is 9.59 Å². The summed E-state index contributed by atoms with van der Waals surface area (Å²) in [5, 5.41) is 0. The van der Waals surface area contributed by atoms with Crippen LogP contribution in [0.2, 0.25) is 0 Å². The molecule has 2 aliphatic heterocycles. The molecule has 4 aromatic rings. The van der Waals surface area contributed by atoms with Crippen molar-refractivity contribution in [3.05, 3.63) is 164 Å². The summed E-state index contributed by atoms with van der Waals surface area (Å²) in [6.45, 7) is 14.2. The summed E-state index contributed by atoms with van der Waals surface area (Å²) in [6, 6.07) is 29.2. The van der Waals surface area contributed by atoms with Crippen LogP contribution in [0.25, 0.3) is 0 Å². The average molecular weight is 713 g/mol. The summed E-state index contributed by atoms with van der Waals surface area (Å²) in [5.74, 6) is 0.349. The largest absolute Gasteiger partial charge is 0.334 e. The molecule has 2 amide bonds. The third-order valence-electron chi connectivity index (χ3n) is 8.61. The van der Waals surface area contributed by atoms with Gasteiger partial charge in [-0.05, 0) is 82.6 Å². The third kappa shape index (κ3) is 6.52. The summed E-state index contributed by atoms with van der Waals surface area (Å²) in [7, 11) is 0. The lowest BCUT2D eigenvalue weighted by Gasteiger charge is -2.35. The Kier molecular flexibility index (Phi) is 10.0. The molecule has 44 heavy (non-hydrogen) atoms. The molecular weight excluding hydrogens is 676 g/mol. The Labute approximate surface area is 277 Å². The molecule has 2 aliphatic rings. The van der Waals surface area contributed by atoms with Crippen LogP contribution in [0, 0.1) is 13.8 Å². The second kappa shape index (κ2) is 13.9. The quantitative estimate of drug-likeness (QED) is 0.199. The summed E-state index contributed by atoms with van der Waals surface area (Å²) in [6.07, 6.45) is 2.80. The van der Waals surface area contributed by atoms with Gasteiger partial charge in [0.25, 0.3) is 0 Å². The first-order valence-corrected chi connectivity index (χ1v) is 16.3. The summed E-state index contributed by atoms with van der Waals surface area (Å²) in [5.41, 5.74) is 10.0. The Bertz CT molecular complexity index is 1600. The molecule has 0 bridgehead atoms. The monoisotopic (exact) mass is 710 g/mol. The molecule has 2 atom stereocenters. The highest BCUT2D eigenvalue weighted by Gasteiger charge is 2.32. The molecule has 4 aromatic carbocycles. The van der Waals surface area contributed by atoms with Crippen LogP contribution in [0.3, 0.4) is 0 Å². The summed E-state index contributed by atoms with van der Waals surface area (Å²) < 4.78 is 2.23. The predicted molar refractivity (Wildman–Crippen MR) is 186 cm³/mol. The molecule has 0 unspecified atom stereocenters. The van der Waals surface area contributed by atoms with Gasteiger partial charge in [-0.15, -0.1) is 0 Å². The number of amides is 2. The Morgan fingerprint density at radius 3 is 1.39 bits per heavy atom. The van der Waals surface area contributed by atoms with Gasteiger partial charge in [0.1, 0.15) is 0 Å². The molecule has 6 heteroatoms. The lowest BCUT2D eigenvalue weighted by molar-refractivity contribution is -0.127. The number of hydrogen-bond acceptors (Lipinski definition) is 2. The lowest BCUT2D eigenvalue weighted by Crippen LogP contribution is -2.38. The molecule has 4 nitrogen and oxygen atoms in total. The molecule has 224 valence electrons. The Morgan fingerprint density at radius 2 is 1.02 bits per heavy atom. The second-order valence-corrected chi connectivity index (χ2v) is 13.0. The van der Waals surface area contributed by atoms with Crippen molar-refractivity contribution in [2.45, 2.75) is 38.8 Å². The minimum Gasteiger partial charge on any atom is -0.334 e. The van der Waals surface area contributed by atoms with E-state index < -0.39 is 0 Å². The zero-order chi connectivity index (χ0) is 31.4. The van der Waals surface area contributed by atoms with E-state index in [0.29, 0.717) is 26.2 Å². The van der Waals surface area contributed by atoms with E-state index in [2.05, 4.69) is 132 Å². The van der Waals surface area contributed by atoms with Gasteiger partial charge in [0.2, 0.25) is 11.8 Å². The van der Waals surface area contributed by atoms with Crippen molar-refractivity contribution in [3.8, 4) is 0 Å². The molecule has 0 aromatic heterocycles. The van der Waals surface area contributed by atoms with Crippen LogP contribution in [0.15, 0.2) is 119 Å². The fourth-order valence-electron chi connectivity index (χ4n) is 6.44. The Balaban J connectivity index is 0.000000175. The number of nitrogens with zero attached hydrogens (tertiary/aromatic N) is 2. The number of carbonyl (C=O) groups is 2. The average Bonchev–Trinajstić information content (AvgIpc) is 3.04. The van der Waals surface area contributed by atoms with Crippen molar-refractivity contribution in [1.82, 2.24) is 9.80 Å². The van der Waals surface area contributed by atoms with E-state index in [1.807, 2.05) is 21.9 Å². The second-order valence-electron chi connectivity index (χ2n) is 11.3. The predicted octanol–water partition coefficient (Wildman–Crippen LogP) is 8.84. The number of fused-ring (bicyclic) bond motifs is 2. The van der Waals surface area contributed by atoms with Gasteiger partial charge >= 0.3 is 0 Å². The van der Waals surface area contributed by atoms with E-state index in [-0.39, 0.29) is 23.7 Å². The van der Waals surface area contributed by atoms with Crippen LogP contribution in [0.1, 0.15) is 56.3 Å². The molecule has 0 radical (unpaired) electrons. The first-order chi connectivity index (χ1) is 21.2. The Morgan fingerprint density at radius 1 is 0.636 bits per heavy atom. The molecule has 0 fully saturated rings. The van der Waals surface area contributed by atoms with E-state index in [9.17, 15) is 9.59 Å². The van der Waals surface area contributed by atoms with E-state index >= 15 is 0 Å². The minimum atomic E-state index is -0.00999. The van der Waals surface area contributed by atoms with Crippen LogP contribution >= 0.6 is 31.9 Å². The number of hydrogen-bond donors (Lipinski definition) is 0. The zero-order valence-electron chi connectivity index (χ0n) is 25.1. The number of carbonyl (C=O) groups excluding carboxylic acids is 2.